The lowest BCUT2D eigenvalue weighted by atomic mass is 9.89. The number of anilines is 3. The molecule has 2 unspecified atom stereocenters. The summed E-state index contributed by atoms with van der Waals surface area (Å²) in [6, 6.07) is 55.8. The molecule has 2 atom stereocenters. The molecule has 0 radical (unpaired) electrons. The van der Waals surface area contributed by atoms with Gasteiger partial charge in [-0.25, -0.2) is 0 Å². The first-order valence-corrected chi connectivity index (χ1v) is 17.1. The molecule has 6 aromatic carbocycles. The van der Waals surface area contributed by atoms with Gasteiger partial charge in [0.15, 0.2) is 5.82 Å². The van der Waals surface area contributed by atoms with Gasteiger partial charge in [0.05, 0.1) is 11.0 Å². The van der Waals surface area contributed by atoms with E-state index in [-0.39, 0.29) is 5.92 Å². The third-order valence-corrected chi connectivity index (χ3v) is 9.76. The molecular weight excluding hydrogens is 611 g/mol. The smallest absolute Gasteiger partial charge is 0.168 e. The van der Waals surface area contributed by atoms with Crippen molar-refractivity contribution in [3.8, 4) is 22.8 Å². The molecule has 2 aromatic heterocycles. The molecule has 5 heteroatoms. The molecule has 1 aliphatic carbocycles. The fourth-order valence-electron chi connectivity index (χ4n) is 7.31. The Morgan fingerprint density at radius 2 is 1.00 bits per heavy atom. The van der Waals surface area contributed by atoms with E-state index in [2.05, 4.69) is 197 Å². The van der Waals surface area contributed by atoms with Crippen LogP contribution in [0.15, 0.2) is 182 Å². The molecular formula is C45H35N5. The summed E-state index contributed by atoms with van der Waals surface area (Å²) in [7, 11) is 0. The van der Waals surface area contributed by atoms with Gasteiger partial charge in [-0.15, -0.1) is 10.2 Å². The second-order valence-electron chi connectivity index (χ2n) is 12.8. The second-order valence-corrected chi connectivity index (χ2v) is 12.8. The highest BCUT2D eigenvalue weighted by Crippen LogP contribution is 2.38. The average molecular weight is 646 g/mol. The summed E-state index contributed by atoms with van der Waals surface area (Å²) in [5, 5.41) is 12.1. The van der Waals surface area contributed by atoms with Crippen LogP contribution in [0.25, 0.3) is 44.6 Å². The summed E-state index contributed by atoms with van der Waals surface area (Å²) in [6.07, 6.45) is 8.68. The van der Waals surface area contributed by atoms with Crippen molar-refractivity contribution in [2.24, 2.45) is 5.92 Å². The number of hydrogen-bond donors (Lipinski definition) is 0. The van der Waals surface area contributed by atoms with E-state index in [1.54, 1.807) is 0 Å². The van der Waals surface area contributed by atoms with Crippen LogP contribution in [0.3, 0.4) is 0 Å². The van der Waals surface area contributed by atoms with Crippen molar-refractivity contribution < 1.29 is 0 Å². The topological polar surface area (TPSA) is 38.9 Å². The van der Waals surface area contributed by atoms with Gasteiger partial charge in [0.25, 0.3) is 0 Å². The van der Waals surface area contributed by atoms with Gasteiger partial charge in [-0.1, -0.05) is 104 Å². The first-order chi connectivity index (χ1) is 24.7. The summed E-state index contributed by atoms with van der Waals surface area (Å²) < 4.78 is 4.56. The van der Waals surface area contributed by atoms with Crippen molar-refractivity contribution in [2.45, 2.75) is 12.8 Å². The van der Waals surface area contributed by atoms with E-state index in [0.29, 0.717) is 5.92 Å². The first-order valence-electron chi connectivity index (χ1n) is 17.1. The number of fused-ring (bicyclic) bond motifs is 3. The van der Waals surface area contributed by atoms with E-state index in [1.807, 2.05) is 6.07 Å². The molecule has 0 bridgehead atoms. The Hall–Kier alpha value is -6.46. The Labute approximate surface area is 291 Å². The second kappa shape index (κ2) is 12.5. The lowest BCUT2D eigenvalue weighted by Crippen LogP contribution is -2.14. The summed E-state index contributed by atoms with van der Waals surface area (Å²) in [5.41, 5.74) is 8.82. The van der Waals surface area contributed by atoms with Crippen LogP contribution in [-0.4, -0.2) is 19.3 Å². The maximum Gasteiger partial charge on any atom is 0.168 e. The predicted molar refractivity (Wildman–Crippen MR) is 206 cm³/mol. The minimum atomic E-state index is 0.139. The molecule has 0 N–H and O–H groups in total. The van der Waals surface area contributed by atoms with Crippen molar-refractivity contribution >= 4 is 38.9 Å². The largest absolute Gasteiger partial charge is 0.311 e. The van der Waals surface area contributed by atoms with Crippen LogP contribution in [-0.2, 0) is 0 Å². The lowest BCUT2D eigenvalue weighted by molar-refractivity contribution is 0.592. The van der Waals surface area contributed by atoms with E-state index in [0.717, 1.165) is 45.6 Å². The number of allylic oxidation sites excluding steroid dienone is 4. The minimum Gasteiger partial charge on any atom is -0.311 e. The molecule has 0 aliphatic heterocycles. The third kappa shape index (κ3) is 5.11. The summed E-state index contributed by atoms with van der Waals surface area (Å²) in [4.78, 5) is 2.30. The summed E-state index contributed by atoms with van der Waals surface area (Å²) >= 11 is 0. The molecule has 9 rings (SSSR count). The number of aromatic nitrogens is 4. The standard InChI is InChI=1S/C45H35N5/c1-32-14-8-9-19-39(32)45-47-46-44(50(45)35-17-6-3-7-18-35)33-24-26-36(27-25-33)48(34-15-4-2-5-16-34)37-28-30-38(31-29-37)49-42-22-12-10-20-40(42)41-21-11-13-23-43(41)49/h2-32,39H,1H3. The molecule has 0 amide bonds. The Morgan fingerprint density at radius 1 is 0.480 bits per heavy atom. The molecule has 240 valence electrons. The molecule has 0 saturated carbocycles. The summed E-state index contributed by atoms with van der Waals surface area (Å²) in [5.74, 6) is 2.23. The highest BCUT2D eigenvalue weighted by atomic mass is 15.3. The van der Waals surface area contributed by atoms with Crippen LogP contribution < -0.4 is 4.90 Å². The molecule has 8 aromatic rings. The van der Waals surface area contributed by atoms with Crippen LogP contribution in [0.1, 0.15) is 18.7 Å². The van der Waals surface area contributed by atoms with E-state index < -0.39 is 0 Å². The van der Waals surface area contributed by atoms with Gasteiger partial charge < -0.3 is 9.47 Å². The van der Waals surface area contributed by atoms with Gasteiger partial charge >= 0.3 is 0 Å². The lowest BCUT2D eigenvalue weighted by Gasteiger charge is -2.26. The zero-order chi connectivity index (χ0) is 33.4. The maximum atomic E-state index is 4.78. The summed E-state index contributed by atoms with van der Waals surface area (Å²) in [6.45, 7) is 2.23. The first kappa shape index (κ1) is 29.7. The fraction of sp³-hybridized carbons (Fsp3) is 0.0667. The Morgan fingerprint density at radius 3 is 1.64 bits per heavy atom. The van der Waals surface area contributed by atoms with E-state index >= 15 is 0 Å². The molecule has 50 heavy (non-hydrogen) atoms. The number of rotatable bonds is 7. The zero-order valence-electron chi connectivity index (χ0n) is 27.7. The Bertz CT molecular complexity index is 2430. The molecule has 5 nitrogen and oxygen atoms in total. The molecule has 2 heterocycles. The minimum absolute atomic E-state index is 0.139. The average Bonchev–Trinajstić information content (AvgIpc) is 3.77. The molecule has 0 spiro atoms. The number of hydrogen-bond acceptors (Lipinski definition) is 3. The van der Waals surface area contributed by atoms with Gasteiger partial charge in [0.2, 0.25) is 0 Å². The van der Waals surface area contributed by atoms with Gasteiger partial charge in [0, 0.05) is 50.7 Å². The van der Waals surface area contributed by atoms with Crippen molar-refractivity contribution in [1.29, 1.82) is 0 Å². The fourth-order valence-corrected chi connectivity index (χ4v) is 7.31. The van der Waals surface area contributed by atoms with Gasteiger partial charge in [-0.3, -0.25) is 4.57 Å². The van der Waals surface area contributed by atoms with E-state index in [1.165, 1.54) is 21.8 Å². The molecule has 1 aliphatic rings. The van der Waals surface area contributed by atoms with Crippen LogP contribution in [0.2, 0.25) is 0 Å². The highest BCUT2D eigenvalue weighted by Gasteiger charge is 2.26. The molecule has 0 saturated heterocycles. The van der Waals surface area contributed by atoms with E-state index in [4.69, 9.17) is 10.2 Å². The Kier molecular flexibility index (Phi) is 7.43. The van der Waals surface area contributed by atoms with Crippen molar-refractivity contribution in [3.05, 3.63) is 188 Å². The van der Waals surface area contributed by atoms with Crippen LogP contribution >= 0.6 is 0 Å². The maximum absolute atomic E-state index is 4.78. The number of nitrogens with zero attached hydrogens (tertiary/aromatic N) is 5. The van der Waals surface area contributed by atoms with Crippen molar-refractivity contribution in [1.82, 2.24) is 19.3 Å². The number of para-hydroxylation sites is 4. The van der Waals surface area contributed by atoms with E-state index in [9.17, 15) is 0 Å². The van der Waals surface area contributed by atoms with Crippen LogP contribution in [0, 0.1) is 5.92 Å². The third-order valence-electron chi connectivity index (χ3n) is 9.76. The SMILES string of the molecule is CC1C=CC=CC1c1nnc(-c2ccc(N(c3ccccc3)c3ccc(-n4c5ccccc5c5ccccc54)cc3)cc2)n1-c1ccccc1. The van der Waals surface area contributed by atoms with Crippen molar-refractivity contribution in [2.75, 3.05) is 4.90 Å². The zero-order valence-corrected chi connectivity index (χ0v) is 27.7. The van der Waals surface area contributed by atoms with Crippen molar-refractivity contribution in [3.63, 3.8) is 0 Å². The Balaban J connectivity index is 1.11. The van der Waals surface area contributed by atoms with Gasteiger partial charge in [0.1, 0.15) is 5.82 Å². The highest BCUT2D eigenvalue weighted by molar-refractivity contribution is 6.09. The van der Waals surface area contributed by atoms with Crippen LogP contribution in [0.5, 0.6) is 0 Å². The monoisotopic (exact) mass is 645 g/mol. The molecule has 0 fully saturated rings. The predicted octanol–water partition coefficient (Wildman–Crippen LogP) is 11.3. The van der Waals surface area contributed by atoms with Crippen LogP contribution in [0.4, 0.5) is 17.1 Å². The van der Waals surface area contributed by atoms with Gasteiger partial charge in [-0.05, 0) is 90.8 Å². The van der Waals surface area contributed by atoms with Gasteiger partial charge in [-0.2, -0.15) is 0 Å². The normalized spacial score (nSPS) is 15.5. The quantitative estimate of drug-likeness (QED) is 0.173. The number of benzene rings is 6.